The lowest BCUT2D eigenvalue weighted by Gasteiger charge is -1.85. The summed E-state index contributed by atoms with van der Waals surface area (Å²) in [7, 11) is 0. The van der Waals surface area contributed by atoms with Crippen LogP contribution in [0.4, 0.5) is 0 Å². The quantitative estimate of drug-likeness (QED) is 0.718. The topological polar surface area (TPSA) is 20.2 Å². The van der Waals surface area contributed by atoms with Gasteiger partial charge in [-0.2, -0.15) is 0 Å². The molecule has 1 N–H and O–H groups in total. The minimum atomic E-state index is 0.383. The average molecular weight is 182 g/mol. The summed E-state index contributed by atoms with van der Waals surface area (Å²) in [5.74, 6) is 0. The van der Waals surface area contributed by atoms with Gasteiger partial charge in [0, 0.05) is 21.9 Å². The second kappa shape index (κ2) is 2.68. The Morgan fingerprint density at radius 2 is 2.18 bits per heavy atom. The van der Waals surface area contributed by atoms with Crippen molar-refractivity contribution in [3.63, 3.8) is 0 Å². The van der Waals surface area contributed by atoms with Crippen LogP contribution in [0, 0.1) is 0 Å². The maximum Gasteiger partial charge on any atom is 0.171 e. The smallest absolute Gasteiger partial charge is 0.171 e. The molecule has 0 aliphatic heterocycles. The molecule has 0 atom stereocenters. The van der Waals surface area contributed by atoms with E-state index in [1.54, 1.807) is 17.4 Å². The standard InChI is InChI=1S/C8H6OS2/c9-8-4-6(5-11-8)7-2-1-3-10-7/h1-5,9H. The molecule has 2 aromatic rings. The van der Waals surface area contributed by atoms with Crippen LogP contribution in [-0.2, 0) is 0 Å². The van der Waals surface area contributed by atoms with Gasteiger partial charge in [-0.05, 0) is 11.4 Å². The highest BCUT2D eigenvalue weighted by molar-refractivity contribution is 7.15. The van der Waals surface area contributed by atoms with Crippen LogP contribution in [0.5, 0.6) is 5.06 Å². The van der Waals surface area contributed by atoms with Gasteiger partial charge in [0.25, 0.3) is 0 Å². The Balaban J connectivity index is 2.45. The van der Waals surface area contributed by atoms with Crippen LogP contribution in [0.3, 0.4) is 0 Å². The summed E-state index contributed by atoms with van der Waals surface area (Å²) in [4.78, 5) is 1.21. The molecule has 2 heterocycles. The largest absolute Gasteiger partial charge is 0.499 e. The van der Waals surface area contributed by atoms with Gasteiger partial charge in [-0.25, -0.2) is 0 Å². The Hall–Kier alpha value is -0.800. The first-order valence-electron chi connectivity index (χ1n) is 3.17. The molecular formula is C8H6OS2. The molecule has 0 radical (unpaired) electrons. The molecule has 0 spiro atoms. The van der Waals surface area contributed by atoms with Gasteiger partial charge in [-0.3, -0.25) is 0 Å². The van der Waals surface area contributed by atoms with Crippen molar-refractivity contribution < 1.29 is 5.11 Å². The first kappa shape index (κ1) is 6.88. The minimum Gasteiger partial charge on any atom is -0.499 e. The van der Waals surface area contributed by atoms with Crippen molar-refractivity contribution in [2.45, 2.75) is 0 Å². The third-order valence-corrected chi connectivity index (χ3v) is 3.04. The molecule has 0 saturated carbocycles. The maximum atomic E-state index is 9.08. The number of aromatic hydroxyl groups is 1. The van der Waals surface area contributed by atoms with Crippen LogP contribution in [0.25, 0.3) is 10.4 Å². The van der Waals surface area contributed by atoms with Gasteiger partial charge in [0.05, 0.1) is 0 Å². The van der Waals surface area contributed by atoms with E-state index in [2.05, 4.69) is 0 Å². The highest BCUT2D eigenvalue weighted by atomic mass is 32.1. The second-order valence-corrected chi connectivity index (χ2v) is 3.99. The summed E-state index contributed by atoms with van der Waals surface area (Å²) in [5, 5.41) is 13.4. The molecule has 56 valence electrons. The molecule has 2 rings (SSSR count). The molecule has 2 aromatic heterocycles. The van der Waals surface area contributed by atoms with Crippen LogP contribution in [0.2, 0.25) is 0 Å². The molecule has 1 nitrogen and oxygen atoms in total. The SMILES string of the molecule is Oc1cc(-c2cccs2)cs1. The molecule has 0 saturated heterocycles. The zero-order valence-electron chi connectivity index (χ0n) is 5.65. The van der Waals surface area contributed by atoms with Crippen molar-refractivity contribution in [1.29, 1.82) is 0 Å². The molecule has 0 aliphatic carbocycles. The predicted octanol–water partition coefficient (Wildman–Crippen LogP) is 3.18. The van der Waals surface area contributed by atoms with Crippen LogP contribution in [-0.4, -0.2) is 5.11 Å². The van der Waals surface area contributed by atoms with Crippen LogP contribution in [0.1, 0.15) is 0 Å². The normalized spacial score (nSPS) is 10.2. The summed E-state index contributed by atoms with van der Waals surface area (Å²) < 4.78 is 0. The van der Waals surface area contributed by atoms with Gasteiger partial charge in [0.1, 0.15) is 0 Å². The second-order valence-electron chi connectivity index (χ2n) is 2.15. The van der Waals surface area contributed by atoms with Gasteiger partial charge >= 0.3 is 0 Å². The molecule has 0 aromatic carbocycles. The van der Waals surface area contributed by atoms with Crippen molar-refractivity contribution in [3.8, 4) is 15.5 Å². The van der Waals surface area contributed by atoms with Gasteiger partial charge in [0.15, 0.2) is 5.06 Å². The third kappa shape index (κ3) is 1.29. The van der Waals surface area contributed by atoms with Crippen molar-refractivity contribution in [2.24, 2.45) is 0 Å². The molecule has 0 bridgehead atoms. The Kier molecular flexibility index (Phi) is 1.68. The van der Waals surface area contributed by atoms with Gasteiger partial charge in [0.2, 0.25) is 0 Å². The van der Waals surface area contributed by atoms with Gasteiger partial charge in [-0.15, -0.1) is 22.7 Å². The Bertz CT molecular complexity index is 335. The van der Waals surface area contributed by atoms with E-state index in [1.165, 1.54) is 16.2 Å². The fraction of sp³-hybridized carbons (Fsp3) is 0. The molecule has 0 amide bonds. The number of rotatable bonds is 1. The Morgan fingerprint density at radius 1 is 1.27 bits per heavy atom. The van der Waals surface area contributed by atoms with Crippen molar-refractivity contribution in [1.82, 2.24) is 0 Å². The van der Waals surface area contributed by atoms with E-state index in [4.69, 9.17) is 5.11 Å². The van der Waals surface area contributed by atoms with Crippen LogP contribution < -0.4 is 0 Å². The van der Waals surface area contributed by atoms with E-state index in [0.29, 0.717) is 5.06 Å². The average Bonchev–Trinajstić information content (AvgIpc) is 2.55. The van der Waals surface area contributed by atoms with Crippen molar-refractivity contribution in [3.05, 3.63) is 29.0 Å². The van der Waals surface area contributed by atoms with Crippen molar-refractivity contribution in [2.75, 3.05) is 0 Å². The lowest BCUT2D eigenvalue weighted by Crippen LogP contribution is -1.59. The highest BCUT2D eigenvalue weighted by Crippen LogP contribution is 2.31. The van der Waals surface area contributed by atoms with Gasteiger partial charge in [-0.1, -0.05) is 6.07 Å². The lowest BCUT2D eigenvalue weighted by atomic mass is 10.3. The first-order valence-corrected chi connectivity index (χ1v) is 4.93. The lowest BCUT2D eigenvalue weighted by molar-refractivity contribution is 0.491. The molecular weight excluding hydrogens is 176 g/mol. The van der Waals surface area contributed by atoms with E-state index < -0.39 is 0 Å². The monoisotopic (exact) mass is 182 g/mol. The molecule has 11 heavy (non-hydrogen) atoms. The predicted molar refractivity (Wildman–Crippen MR) is 49.3 cm³/mol. The molecule has 3 heteroatoms. The maximum absolute atomic E-state index is 9.08. The van der Waals surface area contributed by atoms with E-state index in [0.717, 1.165) is 5.56 Å². The summed E-state index contributed by atoms with van der Waals surface area (Å²) in [6.45, 7) is 0. The van der Waals surface area contributed by atoms with E-state index >= 15 is 0 Å². The molecule has 0 unspecified atom stereocenters. The zero-order valence-corrected chi connectivity index (χ0v) is 7.28. The zero-order chi connectivity index (χ0) is 7.68. The van der Waals surface area contributed by atoms with Crippen LogP contribution in [0.15, 0.2) is 29.0 Å². The van der Waals surface area contributed by atoms with Crippen LogP contribution >= 0.6 is 22.7 Å². The number of hydrogen-bond acceptors (Lipinski definition) is 3. The fourth-order valence-corrected chi connectivity index (χ4v) is 2.32. The van der Waals surface area contributed by atoms with E-state index in [9.17, 15) is 0 Å². The van der Waals surface area contributed by atoms with E-state index in [-0.39, 0.29) is 0 Å². The first-order chi connectivity index (χ1) is 5.36. The number of hydrogen-bond donors (Lipinski definition) is 1. The van der Waals surface area contributed by atoms with E-state index in [1.807, 2.05) is 22.9 Å². The Morgan fingerprint density at radius 3 is 2.73 bits per heavy atom. The third-order valence-electron chi connectivity index (χ3n) is 1.39. The van der Waals surface area contributed by atoms with Gasteiger partial charge < -0.3 is 5.11 Å². The summed E-state index contributed by atoms with van der Waals surface area (Å²) in [5.41, 5.74) is 1.11. The molecule has 0 aliphatic rings. The molecule has 0 fully saturated rings. The fourth-order valence-electron chi connectivity index (χ4n) is 0.897. The summed E-state index contributed by atoms with van der Waals surface area (Å²) in [6.07, 6.45) is 0. The minimum absolute atomic E-state index is 0.383. The van der Waals surface area contributed by atoms with Crippen molar-refractivity contribution >= 4 is 22.7 Å². The number of thiophene rings is 2. The Labute approximate surface area is 72.6 Å². The highest BCUT2D eigenvalue weighted by Gasteiger charge is 2.00. The summed E-state index contributed by atoms with van der Waals surface area (Å²) in [6, 6.07) is 5.84. The summed E-state index contributed by atoms with van der Waals surface area (Å²) >= 11 is 3.05.